The molecule has 0 aromatic carbocycles. The predicted molar refractivity (Wildman–Crippen MR) is 90.4 cm³/mol. The molecule has 0 radical (unpaired) electrons. The molecule has 0 spiro atoms. The second-order valence-corrected chi connectivity index (χ2v) is 7.23. The minimum atomic E-state index is 0.0749. The average molecular weight is 328 g/mol. The molecular formula is C17H20N4OS. The third-order valence-corrected chi connectivity index (χ3v) is 5.79. The quantitative estimate of drug-likeness (QED) is 0.849. The lowest BCUT2D eigenvalue weighted by molar-refractivity contribution is -0.136. The maximum atomic E-state index is 12.9. The highest BCUT2D eigenvalue weighted by molar-refractivity contribution is 7.10. The number of thiophene rings is 1. The van der Waals surface area contributed by atoms with Gasteiger partial charge in [0.05, 0.1) is 12.1 Å². The van der Waals surface area contributed by atoms with Gasteiger partial charge < -0.3 is 9.80 Å². The third kappa shape index (κ3) is 2.95. The fraction of sp³-hybridized carbons (Fsp3) is 0.471. The summed E-state index contributed by atoms with van der Waals surface area (Å²) in [6, 6.07) is 2.16. The van der Waals surface area contributed by atoms with Crippen LogP contribution >= 0.6 is 11.3 Å². The van der Waals surface area contributed by atoms with Crippen molar-refractivity contribution in [2.45, 2.75) is 25.8 Å². The van der Waals surface area contributed by atoms with Gasteiger partial charge in [0.1, 0.15) is 5.82 Å². The molecule has 120 valence electrons. The van der Waals surface area contributed by atoms with Gasteiger partial charge in [-0.05, 0) is 36.3 Å². The lowest BCUT2D eigenvalue weighted by atomic mass is 9.95. The van der Waals surface area contributed by atoms with E-state index in [9.17, 15) is 4.79 Å². The van der Waals surface area contributed by atoms with Crippen LogP contribution in [0.3, 0.4) is 0 Å². The van der Waals surface area contributed by atoms with Crippen LogP contribution in [0.4, 0.5) is 5.82 Å². The summed E-state index contributed by atoms with van der Waals surface area (Å²) < 4.78 is 0. The number of anilines is 1. The largest absolute Gasteiger partial charge is 0.355 e. The van der Waals surface area contributed by atoms with E-state index < -0.39 is 0 Å². The Kier molecular flexibility index (Phi) is 3.99. The van der Waals surface area contributed by atoms with Crippen LogP contribution in [0.1, 0.15) is 23.3 Å². The highest BCUT2D eigenvalue weighted by atomic mass is 32.1. The molecule has 2 aromatic rings. The highest BCUT2D eigenvalue weighted by Gasteiger charge is 2.31. The van der Waals surface area contributed by atoms with E-state index >= 15 is 0 Å². The molecule has 0 unspecified atom stereocenters. The van der Waals surface area contributed by atoms with Gasteiger partial charge in [-0.1, -0.05) is 0 Å². The van der Waals surface area contributed by atoms with Gasteiger partial charge in [0.2, 0.25) is 5.91 Å². The topological polar surface area (TPSA) is 49.3 Å². The zero-order chi connectivity index (χ0) is 15.6. The normalized spacial score (nSPS) is 21.1. The number of carbonyl (C=O) groups excluding carboxylic acids is 1. The van der Waals surface area contributed by atoms with Crippen molar-refractivity contribution in [1.29, 1.82) is 0 Å². The van der Waals surface area contributed by atoms with E-state index in [-0.39, 0.29) is 5.92 Å². The van der Waals surface area contributed by atoms with Crippen molar-refractivity contribution in [3.63, 3.8) is 0 Å². The highest BCUT2D eigenvalue weighted by Crippen LogP contribution is 2.27. The van der Waals surface area contributed by atoms with Gasteiger partial charge in [0.15, 0.2) is 0 Å². The number of carbonyl (C=O) groups is 1. The fourth-order valence-electron chi connectivity index (χ4n) is 3.54. The van der Waals surface area contributed by atoms with Gasteiger partial charge in [0.25, 0.3) is 0 Å². The van der Waals surface area contributed by atoms with Crippen molar-refractivity contribution >= 4 is 23.1 Å². The minimum Gasteiger partial charge on any atom is -0.355 e. The molecule has 6 heteroatoms. The molecule has 0 bridgehead atoms. The summed E-state index contributed by atoms with van der Waals surface area (Å²) in [5.74, 6) is 1.25. The second kappa shape index (κ2) is 6.28. The molecular weight excluding hydrogens is 308 g/mol. The van der Waals surface area contributed by atoms with E-state index in [4.69, 9.17) is 0 Å². The van der Waals surface area contributed by atoms with Gasteiger partial charge in [-0.25, -0.2) is 4.98 Å². The average Bonchev–Trinajstić information content (AvgIpc) is 3.09. The first-order valence-corrected chi connectivity index (χ1v) is 9.04. The molecule has 0 N–H and O–H groups in total. The lowest BCUT2D eigenvalue weighted by Crippen LogP contribution is -2.46. The molecule has 2 aliphatic heterocycles. The Labute approximate surface area is 140 Å². The molecule has 1 amide bonds. The number of hydrogen-bond acceptors (Lipinski definition) is 5. The van der Waals surface area contributed by atoms with E-state index in [1.165, 1.54) is 10.4 Å². The summed E-state index contributed by atoms with van der Waals surface area (Å²) in [5, 5.41) is 2.13. The van der Waals surface area contributed by atoms with Crippen LogP contribution in [0.25, 0.3) is 0 Å². The van der Waals surface area contributed by atoms with Gasteiger partial charge in [-0.2, -0.15) is 0 Å². The van der Waals surface area contributed by atoms with Crippen molar-refractivity contribution in [3.8, 4) is 0 Å². The van der Waals surface area contributed by atoms with Crippen molar-refractivity contribution in [3.05, 3.63) is 40.5 Å². The van der Waals surface area contributed by atoms with Crippen LogP contribution in [-0.2, 0) is 17.8 Å². The zero-order valence-electron chi connectivity index (χ0n) is 13.0. The maximum absolute atomic E-state index is 12.9. The minimum absolute atomic E-state index is 0.0749. The molecule has 0 aliphatic carbocycles. The number of hydrogen-bond donors (Lipinski definition) is 0. The van der Waals surface area contributed by atoms with Crippen LogP contribution in [0.2, 0.25) is 0 Å². The molecule has 2 aromatic heterocycles. The van der Waals surface area contributed by atoms with Crippen molar-refractivity contribution in [1.82, 2.24) is 14.9 Å². The number of fused-ring (bicyclic) bond motifs is 1. The lowest BCUT2D eigenvalue weighted by Gasteiger charge is -2.36. The summed E-state index contributed by atoms with van der Waals surface area (Å²) >= 11 is 1.81. The van der Waals surface area contributed by atoms with E-state index in [1.54, 1.807) is 18.6 Å². The number of aromatic nitrogens is 2. The van der Waals surface area contributed by atoms with Crippen LogP contribution in [0.15, 0.2) is 30.0 Å². The summed E-state index contributed by atoms with van der Waals surface area (Å²) in [4.78, 5) is 27.1. The summed E-state index contributed by atoms with van der Waals surface area (Å²) in [6.45, 7) is 3.34. The maximum Gasteiger partial charge on any atom is 0.227 e. The first-order valence-electron chi connectivity index (χ1n) is 8.16. The Morgan fingerprint density at radius 3 is 3.13 bits per heavy atom. The summed E-state index contributed by atoms with van der Waals surface area (Å²) in [6.07, 6.45) is 8.18. The first-order chi connectivity index (χ1) is 11.3. The van der Waals surface area contributed by atoms with Crippen molar-refractivity contribution in [2.75, 3.05) is 24.5 Å². The molecule has 1 fully saturated rings. The number of amides is 1. The monoisotopic (exact) mass is 328 g/mol. The SMILES string of the molecule is O=C([C@H]1CCCN(c2cnccn2)C1)N1CCc2sccc2C1. The molecule has 4 rings (SSSR count). The summed E-state index contributed by atoms with van der Waals surface area (Å²) in [7, 11) is 0. The molecule has 0 saturated carbocycles. The molecule has 4 heterocycles. The Morgan fingerprint density at radius 1 is 1.30 bits per heavy atom. The molecule has 1 saturated heterocycles. The van der Waals surface area contributed by atoms with Gasteiger partial charge in [-0.3, -0.25) is 9.78 Å². The Balaban J connectivity index is 1.44. The van der Waals surface area contributed by atoms with Crippen LogP contribution in [0.5, 0.6) is 0 Å². The van der Waals surface area contributed by atoms with Crippen molar-refractivity contribution in [2.24, 2.45) is 5.92 Å². The molecule has 2 aliphatic rings. The van der Waals surface area contributed by atoms with E-state index in [2.05, 4.69) is 26.3 Å². The predicted octanol–water partition coefficient (Wildman–Crippen LogP) is 2.34. The van der Waals surface area contributed by atoms with Gasteiger partial charge in [0, 0.05) is 43.4 Å². The number of piperidine rings is 1. The smallest absolute Gasteiger partial charge is 0.227 e. The molecule has 1 atom stereocenters. The Hall–Kier alpha value is -1.95. The number of rotatable bonds is 2. The number of nitrogens with zero attached hydrogens (tertiary/aromatic N) is 4. The van der Waals surface area contributed by atoms with E-state index in [0.717, 1.165) is 51.3 Å². The standard InChI is InChI=1S/C17H20N4OS/c22-17(21-8-3-15-13(11-21)4-9-23-15)14-2-1-7-20(12-14)16-10-18-5-6-19-16/h4-6,9-10,14H,1-3,7-8,11-12H2/t14-/m0/s1. The fourth-order valence-corrected chi connectivity index (χ4v) is 4.43. The summed E-state index contributed by atoms with van der Waals surface area (Å²) in [5.41, 5.74) is 1.33. The third-order valence-electron chi connectivity index (χ3n) is 4.76. The van der Waals surface area contributed by atoms with E-state index in [1.807, 2.05) is 16.2 Å². The van der Waals surface area contributed by atoms with Crippen LogP contribution in [0, 0.1) is 5.92 Å². The van der Waals surface area contributed by atoms with Gasteiger partial charge >= 0.3 is 0 Å². The first kappa shape index (κ1) is 14.6. The molecule has 5 nitrogen and oxygen atoms in total. The van der Waals surface area contributed by atoms with Crippen LogP contribution in [-0.4, -0.2) is 40.4 Å². The Bertz CT molecular complexity index is 687. The van der Waals surface area contributed by atoms with Crippen molar-refractivity contribution < 1.29 is 4.79 Å². The molecule has 23 heavy (non-hydrogen) atoms. The van der Waals surface area contributed by atoms with E-state index in [0.29, 0.717) is 5.91 Å². The Morgan fingerprint density at radius 2 is 2.26 bits per heavy atom. The van der Waals surface area contributed by atoms with Crippen LogP contribution < -0.4 is 4.90 Å². The zero-order valence-corrected chi connectivity index (χ0v) is 13.8. The van der Waals surface area contributed by atoms with Gasteiger partial charge in [-0.15, -0.1) is 11.3 Å². The second-order valence-electron chi connectivity index (χ2n) is 6.23.